The Balaban J connectivity index is 1.98. The molecule has 0 aliphatic carbocycles. The number of carbonyl (C=O) groups is 1. The lowest BCUT2D eigenvalue weighted by Gasteiger charge is -2.36. The van der Waals surface area contributed by atoms with Crippen molar-refractivity contribution in [3.63, 3.8) is 0 Å². The van der Waals surface area contributed by atoms with E-state index < -0.39 is 21.8 Å². The monoisotopic (exact) mass is 441 g/mol. The van der Waals surface area contributed by atoms with Crippen molar-refractivity contribution >= 4 is 33.7 Å². The number of anilines is 1. The SMILES string of the molecule is CCCCCC#CC(CS(=O)(=O)N1CCN(c2cccc(Cl)c2)CC1)N(O)C=O. The summed E-state index contributed by atoms with van der Waals surface area (Å²) in [5.41, 5.74) is 0.952. The van der Waals surface area contributed by atoms with Crippen molar-refractivity contribution in [1.29, 1.82) is 0 Å². The summed E-state index contributed by atoms with van der Waals surface area (Å²) in [4.78, 5) is 13.0. The summed E-state index contributed by atoms with van der Waals surface area (Å²) in [5, 5.41) is 10.7. The molecule has 0 saturated carbocycles. The first-order valence-electron chi connectivity index (χ1n) is 9.76. The minimum absolute atomic E-state index is 0.192. The second-order valence-corrected chi connectivity index (χ2v) is 9.37. The number of benzene rings is 1. The third-order valence-electron chi connectivity index (χ3n) is 4.78. The van der Waals surface area contributed by atoms with Crippen molar-refractivity contribution < 1.29 is 18.4 Å². The number of piperazine rings is 1. The van der Waals surface area contributed by atoms with Gasteiger partial charge in [0.2, 0.25) is 16.4 Å². The van der Waals surface area contributed by atoms with Crippen LogP contribution in [0.15, 0.2) is 24.3 Å². The van der Waals surface area contributed by atoms with Crippen LogP contribution in [0.5, 0.6) is 0 Å². The fourth-order valence-electron chi connectivity index (χ4n) is 3.11. The third-order valence-corrected chi connectivity index (χ3v) is 6.90. The Labute approximate surface area is 178 Å². The van der Waals surface area contributed by atoms with Crippen LogP contribution >= 0.6 is 11.6 Å². The van der Waals surface area contributed by atoms with E-state index in [1.165, 1.54) is 4.31 Å². The summed E-state index contributed by atoms with van der Waals surface area (Å²) in [6, 6.07) is 6.37. The number of carbonyl (C=O) groups excluding carboxylic acids is 1. The van der Waals surface area contributed by atoms with E-state index in [0.717, 1.165) is 24.9 Å². The summed E-state index contributed by atoms with van der Waals surface area (Å²) in [6.07, 6.45) is 3.79. The summed E-state index contributed by atoms with van der Waals surface area (Å²) in [6.45, 7) is 3.78. The van der Waals surface area contributed by atoms with Crippen LogP contribution in [0, 0.1) is 11.8 Å². The summed E-state index contributed by atoms with van der Waals surface area (Å²) >= 11 is 6.03. The Bertz CT molecular complexity index is 830. The smallest absolute Gasteiger partial charge is 0.234 e. The number of hydroxylamine groups is 2. The topological polar surface area (TPSA) is 81.2 Å². The van der Waals surface area contributed by atoms with Crippen LogP contribution in [0.3, 0.4) is 0 Å². The summed E-state index contributed by atoms with van der Waals surface area (Å²) in [7, 11) is -3.68. The molecule has 2 rings (SSSR count). The lowest BCUT2D eigenvalue weighted by molar-refractivity contribution is -0.153. The van der Waals surface area contributed by atoms with Crippen molar-refractivity contribution in [2.45, 2.75) is 38.6 Å². The molecular weight excluding hydrogens is 414 g/mol. The lowest BCUT2D eigenvalue weighted by Crippen LogP contribution is -2.51. The Kier molecular flexibility index (Phi) is 9.24. The molecule has 1 N–H and O–H groups in total. The van der Waals surface area contributed by atoms with Gasteiger partial charge >= 0.3 is 0 Å². The molecule has 1 unspecified atom stereocenters. The highest BCUT2D eigenvalue weighted by molar-refractivity contribution is 7.89. The van der Waals surface area contributed by atoms with Crippen LogP contribution in [0.1, 0.15) is 32.6 Å². The van der Waals surface area contributed by atoms with Gasteiger partial charge in [0.05, 0.1) is 5.75 Å². The number of sulfonamides is 1. The number of nitrogens with zero attached hydrogens (tertiary/aromatic N) is 3. The van der Waals surface area contributed by atoms with Gasteiger partial charge in [-0.3, -0.25) is 10.0 Å². The third kappa shape index (κ3) is 7.19. The largest absolute Gasteiger partial charge is 0.369 e. The molecule has 29 heavy (non-hydrogen) atoms. The van der Waals surface area contributed by atoms with Crippen LogP contribution in [-0.2, 0) is 14.8 Å². The average molecular weight is 442 g/mol. The molecular formula is C20H28ClN3O4S. The molecule has 7 nitrogen and oxygen atoms in total. The van der Waals surface area contributed by atoms with Gasteiger partial charge in [0.1, 0.15) is 6.04 Å². The second kappa shape index (κ2) is 11.4. The van der Waals surface area contributed by atoms with Crippen molar-refractivity contribution in [1.82, 2.24) is 9.37 Å². The van der Waals surface area contributed by atoms with Gasteiger partial charge in [-0.1, -0.05) is 43.4 Å². The molecule has 9 heteroatoms. The molecule has 1 aliphatic heterocycles. The van der Waals surface area contributed by atoms with E-state index in [1.54, 1.807) is 6.07 Å². The molecule has 1 aromatic rings. The fraction of sp³-hybridized carbons (Fsp3) is 0.550. The molecule has 0 aromatic heterocycles. The van der Waals surface area contributed by atoms with Gasteiger partial charge < -0.3 is 4.90 Å². The lowest BCUT2D eigenvalue weighted by atomic mass is 10.2. The molecule has 1 atom stereocenters. The first-order valence-corrected chi connectivity index (χ1v) is 11.8. The van der Waals surface area contributed by atoms with Crippen LogP contribution in [-0.4, -0.2) is 67.4 Å². The van der Waals surface area contributed by atoms with Crippen molar-refractivity contribution in [3.05, 3.63) is 29.3 Å². The predicted octanol–water partition coefficient (Wildman–Crippen LogP) is 2.59. The number of halogens is 1. The van der Waals surface area contributed by atoms with Crippen LogP contribution in [0.2, 0.25) is 5.02 Å². The maximum atomic E-state index is 12.8. The van der Waals surface area contributed by atoms with Gasteiger partial charge in [0, 0.05) is 43.3 Å². The van der Waals surface area contributed by atoms with Gasteiger partial charge in [-0.15, -0.1) is 5.92 Å². The first kappa shape index (κ1) is 23.5. The van der Waals surface area contributed by atoms with E-state index in [9.17, 15) is 18.4 Å². The van der Waals surface area contributed by atoms with Gasteiger partial charge in [0.25, 0.3) is 0 Å². The highest BCUT2D eigenvalue weighted by atomic mass is 35.5. The van der Waals surface area contributed by atoms with E-state index in [-0.39, 0.29) is 6.41 Å². The fourth-order valence-corrected chi connectivity index (χ4v) is 4.86. The Morgan fingerprint density at radius 3 is 2.62 bits per heavy atom. The molecule has 0 bridgehead atoms. The summed E-state index contributed by atoms with van der Waals surface area (Å²) in [5.74, 6) is 5.18. The first-order chi connectivity index (χ1) is 13.9. The normalized spacial score (nSPS) is 16.0. The van der Waals surface area contributed by atoms with Crippen LogP contribution in [0.4, 0.5) is 5.69 Å². The molecule has 1 fully saturated rings. The number of hydrogen-bond acceptors (Lipinski definition) is 5. The standard InChI is InChI=1S/C20H28ClN3O4S/c1-2-3-4-5-6-9-20(24(26)17-25)16-29(27,28)23-13-11-22(12-14-23)19-10-7-8-18(21)15-19/h7-8,10,15,17,20,26H,2-5,11-14,16H2,1H3. The van der Waals surface area contributed by atoms with E-state index in [4.69, 9.17) is 11.6 Å². The molecule has 1 amide bonds. The highest BCUT2D eigenvalue weighted by Crippen LogP contribution is 2.21. The maximum Gasteiger partial charge on any atom is 0.234 e. The number of hydrogen-bond donors (Lipinski definition) is 1. The zero-order valence-corrected chi connectivity index (χ0v) is 18.2. The van der Waals surface area contributed by atoms with Crippen LogP contribution in [0.25, 0.3) is 0 Å². The molecule has 1 aromatic carbocycles. The van der Waals surface area contributed by atoms with E-state index in [1.807, 2.05) is 18.2 Å². The predicted molar refractivity (Wildman–Crippen MR) is 114 cm³/mol. The average Bonchev–Trinajstić information content (AvgIpc) is 2.72. The zero-order chi connectivity index (χ0) is 21.3. The van der Waals surface area contributed by atoms with Gasteiger partial charge in [-0.2, -0.15) is 4.31 Å². The highest BCUT2D eigenvalue weighted by Gasteiger charge is 2.31. The van der Waals surface area contributed by atoms with Gasteiger partial charge in [-0.05, 0) is 24.6 Å². The van der Waals surface area contributed by atoms with Crippen molar-refractivity contribution in [2.75, 3.05) is 36.8 Å². The van der Waals surface area contributed by atoms with Crippen molar-refractivity contribution in [2.24, 2.45) is 0 Å². The molecule has 0 radical (unpaired) electrons. The molecule has 160 valence electrons. The van der Waals surface area contributed by atoms with Gasteiger partial charge in [-0.25, -0.2) is 13.5 Å². The quantitative estimate of drug-likeness (QED) is 0.209. The number of amides is 1. The van der Waals surface area contributed by atoms with Gasteiger partial charge in [0.15, 0.2) is 0 Å². The number of unbranched alkanes of at least 4 members (excludes halogenated alkanes) is 3. The van der Waals surface area contributed by atoms with Crippen molar-refractivity contribution in [3.8, 4) is 11.8 Å². The Morgan fingerprint density at radius 2 is 2.00 bits per heavy atom. The molecule has 1 aliphatic rings. The van der Waals surface area contributed by atoms with E-state index >= 15 is 0 Å². The molecule has 0 spiro atoms. The molecule has 1 heterocycles. The van der Waals surface area contributed by atoms with E-state index in [2.05, 4.69) is 23.7 Å². The minimum atomic E-state index is -3.68. The second-order valence-electron chi connectivity index (χ2n) is 6.92. The number of rotatable bonds is 9. The maximum absolute atomic E-state index is 12.8. The summed E-state index contributed by atoms with van der Waals surface area (Å²) < 4.78 is 27.0. The Morgan fingerprint density at radius 1 is 1.28 bits per heavy atom. The Hall–Kier alpha value is -1.79. The van der Waals surface area contributed by atoms with Crippen LogP contribution < -0.4 is 4.90 Å². The minimum Gasteiger partial charge on any atom is -0.369 e. The molecule has 1 saturated heterocycles. The zero-order valence-electron chi connectivity index (χ0n) is 16.6. The van der Waals surface area contributed by atoms with E-state index in [0.29, 0.717) is 42.7 Å².